The summed E-state index contributed by atoms with van der Waals surface area (Å²) in [6, 6.07) is 9.92. The van der Waals surface area contributed by atoms with Crippen molar-refractivity contribution in [2.24, 2.45) is 5.14 Å². The van der Waals surface area contributed by atoms with Gasteiger partial charge in [0, 0.05) is 29.2 Å². The second-order valence-corrected chi connectivity index (χ2v) is 8.63. The first-order chi connectivity index (χ1) is 14.6. The van der Waals surface area contributed by atoms with Crippen molar-refractivity contribution >= 4 is 23.6 Å². The number of nitrogens with zero attached hydrogens (tertiary/aromatic N) is 3. The van der Waals surface area contributed by atoms with Crippen molar-refractivity contribution in [3.05, 3.63) is 66.2 Å². The van der Waals surface area contributed by atoms with E-state index < -0.39 is 0 Å². The third-order valence-corrected chi connectivity index (χ3v) is 6.05. The Morgan fingerprint density at radius 2 is 1.83 bits per heavy atom. The average Bonchev–Trinajstić information content (AvgIpc) is 3.23. The number of ether oxygens (including phenoxy) is 1. The Balaban J connectivity index is 1.36. The number of benzene rings is 1. The lowest BCUT2D eigenvalue weighted by molar-refractivity contribution is 0.204. The predicted octanol–water partition coefficient (Wildman–Crippen LogP) is 5.42. The summed E-state index contributed by atoms with van der Waals surface area (Å²) in [6.45, 7) is 4.36. The Labute approximate surface area is 181 Å². The average molecular weight is 422 g/mol. The highest BCUT2D eigenvalue weighted by atomic mass is 32.2. The molecule has 1 aliphatic rings. The van der Waals surface area contributed by atoms with E-state index in [4.69, 9.17) is 9.88 Å². The first kappa shape index (κ1) is 20.6. The molecule has 6 nitrogen and oxygen atoms in total. The van der Waals surface area contributed by atoms with Gasteiger partial charge in [0.1, 0.15) is 5.75 Å². The third-order valence-electron chi connectivity index (χ3n) is 5.51. The lowest BCUT2D eigenvalue weighted by Gasteiger charge is -2.18. The molecule has 0 saturated heterocycles. The minimum Gasteiger partial charge on any atom is -0.488 e. The lowest BCUT2D eigenvalue weighted by Crippen LogP contribution is -2.13. The van der Waals surface area contributed by atoms with Crippen LogP contribution in [-0.4, -0.2) is 21.1 Å². The second-order valence-electron chi connectivity index (χ2n) is 7.93. The number of hydrogen-bond acceptors (Lipinski definition) is 7. The molecule has 1 fully saturated rings. The monoisotopic (exact) mass is 421 g/mol. The highest BCUT2D eigenvalue weighted by molar-refractivity contribution is 7.97. The Morgan fingerprint density at radius 1 is 1.07 bits per heavy atom. The number of aromatic nitrogens is 3. The molecule has 2 heterocycles. The van der Waals surface area contributed by atoms with Crippen LogP contribution in [0.5, 0.6) is 5.75 Å². The number of nitrogens with two attached hydrogens (primary N) is 1. The molecule has 0 amide bonds. The Morgan fingerprint density at radius 3 is 2.53 bits per heavy atom. The van der Waals surface area contributed by atoms with Crippen LogP contribution >= 0.6 is 11.9 Å². The molecule has 156 valence electrons. The number of pyridine rings is 1. The van der Waals surface area contributed by atoms with Crippen LogP contribution in [0.2, 0.25) is 0 Å². The highest BCUT2D eigenvalue weighted by Crippen LogP contribution is 2.37. The summed E-state index contributed by atoms with van der Waals surface area (Å²) in [7, 11) is 0. The molecule has 0 radical (unpaired) electrons. The van der Waals surface area contributed by atoms with Gasteiger partial charge in [-0.25, -0.2) is 9.97 Å². The molecule has 2 aromatic heterocycles. The Bertz CT molecular complexity index is 962. The van der Waals surface area contributed by atoms with Gasteiger partial charge in [-0.2, -0.15) is 0 Å². The van der Waals surface area contributed by atoms with Gasteiger partial charge in [-0.3, -0.25) is 10.1 Å². The Hall–Kier alpha value is -2.64. The minimum absolute atomic E-state index is 0.202. The number of hydrogen-bond donors (Lipinski definition) is 2. The highest BCUT2D eigenvalue weighted by Gasteiger charge is 2.28. The van der Waals surface area contributed by atoms with Gasteiger partial charge < -0.3 is 10.1 Å². The van der Waals surface area contributed by atoms with Crippen molar-refractivity contribution in [2.75, 3.05) is 5.32 Å². The number of nitrogens with one attached hydrogen (secondary N) is 1. The van der Waals surface area contributed by atoms with Crippen LogP contribution in [0.25, 0.3) is 0 Å². The summed E-state index contributed by atoms with van der Waals surface area (Å²) in [5, 5.41) is 8.79. The molecule has 0 spiro atoms. The zero-order chi connectivity index (χ0) is 20.9. The maximum Gasteiger partial charge on any atom is 0.227 e. The van der Waals surface area contributed by atoms with Crippen molar-refractivity contribution in [1.82, 2.24) is 15.0 Å². The molecule has 4 rings (SSSR count). The summed E-state index contributed by atoms with van der Waals surface area (Å²) >= 11 is 1.23. The normalized spacial score (nSPS) is 18.5. The summed E-state index contributed by atoms with van der Waals surface area (Å²) < 4.78 is 6.31. The van der Waals surface area contributed by atoms with E-state index in [1.165, 1.54) is 17.5 Å². The largest absolute Gasteiger partial charge is 0.488 e. The van der Waals surface area contributed by atoms with Crippen LogP contribution in [0.1, 0.15) is 56.1 Å². The lowest BCUT2D eigenvalue weighted by atomic mass is 10.0. The van der Waals surface area contributed by atoms with Crippen molar-refractivity contribution in [3.8, 4) is 5.75 Å². The summed E-state index contributed by atoms with van der Waals surface area (Å²) in [5.41, 5.74) is 3.31. The molecule has 0 aliphatic heterocycles. The first-order valence-corrected chi connectivity index (χ1v) is 11.2. The molecule has 3 N–H and O–H groups in total. The van der Waals surface area contributed by atoms with E-state index in [1.54, 1.807) is 0 Å². The van der Waals surface area contributed by atoms with E-state index in [2.05, 4.69) is 40.2 Å². The zero-order valence-electron chi connectivity index (χ0n) is 17.3. The van der Waals surface area contributed by atoms with Gasteiger partial charge in [-0.05, 0) is 84.5 Å². The van der Waals surface area contributed by atoms with Gasteiger partial charge in [0.15, 0.2) is 0 Å². The van der Waals surface area contributed by atoms with Gasteiger partial charge in [-0.1, -0.05) is 13.8 Å². The van der Waals surface area contributed by atoms with Gasteiger partial charge in [0.05, 0.1) is 12.3 Å². The minimum atomic E-state index is 0.202. The third kappa shape index (κ3) is 4.91. The molecule has 30 heavy (non-hydrogen) atoms. The fourth-order valence-electron chi connectivity index (χ4n) is 3.85. The second kappa shape index (κ2) is 9.45. The molecule has 1 saturated carbocycles. The summed E-state index contributed by atoms with van der Waals surface area (Å²) in [4.78, 5) is 14.3. The van der Waals surface area contributed by atoms with Crippen LogP contribution in [0.15, 0.2) is 60.0 Å². The van der Waals surface area contributed by atoms with Crippen LogP contribution in [0, 0.1) is 0 Å². The number of rotatable bonds is 7. The van der Waals surface area contributed by atoms with Gasteiger partial charge in [0.25, 0.3) is 0 Å². The fourth-order valence-corrected chi connectivity index (χ4v) is 4.15. The molecule has 2 unspecified atom stereocenters. The van der Waals surface area contributed by atoms with Gasteiger partial charge in [0.2, 0.25) is 5.95 Å². The molecule has 1 aliphatic carbocycles. The molecular formula is C23H27N5OS. The van der Waals surface area contributed by atoms with E-state index in [-0.39, 0.29) is 6.10 Å². The van der Waals surface area contributed by atoms with Gasteiger partial charge >= 0.3 is 0 Å². The van der Waals surface area contributed by atoms with E-state index in [0.717, 1.165) is 41.2 Å². The van der Waals surface area contributed by atoms with Crippen molar-refractivity contribution in [1.29, 1.82) is 0 Å². The van der Waals surface area contributed by atoms with Crippen LogP contribution in [0.4, 0.5) is 11.6 Å². The molecule has 2 atom stereocenters. The van der Waals surface area contributed by atoms with Crippen LogP contribution in [0.3, 0.4) is 0 Å². The van der Waals surface area contributed by atoms with Crippen LogP contribution in [-0.2, 0) is 0 Å². The van der Waals surface area contributed by atoms with Crippen molar-refractivity contribution < 1.29 is 4.74 Å². The Kier molecular flexibility index (Phi) is 6.50. The van der Waals surface area contributed by atoms with Crippen LogP contribution < -0.4 is 15.2 Å². The zero-order valence-corrected chi connectivity index (χ0v) is 18.1. The van der Waals surface area contributed by atoms with E-state index >= 15 is 0 Å². The van der Waals surface area contributed by atoms with E-state index in [9.17, 15) is 0 Å². The summed E-state index contributed by atoms with van der Waals surface area (Å²) in [6.07, 6.45) is 10.8. The topological polar surface area (TPSA) is 86.0 Å². The molecule has 3 aromatic rings. The quantitative estimate of drug-likeness (QED) is 0.493. The first-order valence-electron chi connectivity index (χ1n) is 10.3. The molecule has 1 aromatic carbocycles. The molecule has 7 heteroatoms. The van der Waals surface area contributed by atoms with Crippen molar-refractivity contribution in [2.45, 2.75) is 55.9 Å². The van der Waals surface area contributed by atoms with E-state index in [1.807, 2.05) is 49.1 Å². The standard InChI is InChI=1S/C23H27N5OS/c1-15(2)21-9-10-25-14-22(21)29-19-6-3-16(11-19)17-12-26-23(27-13-17)28-18-4-7-20(30-24)8-5-18/h4-5,7-10,12-16,19H,3,6,11,24H2,1-2H3,(H,26,27,28). The molecular weight excluding hydrogens is 394 g/mol. The maximum absolute atomic E-state index is 6.31. The van der Waals surface area contributed by atoms with Gasteiger partial charge in [-0.15, -0.1) is 0 Å². The fraction of sp³-hybridized carbons (Fsp3) is 0.348. The SMILES string of the molecule is CC(C)c1ccncc1OC1CCC(c2cnc(Nc3ccc(SN)cc3)nc2)C1. The van der Waals surface area contributed by atoms with E-state index in [0.29, 0.717) is 17.8 Å². The molecule has 0 bridgehead atoms. The smallest absolute Gasteiger partial charge is 0.227 e. The summed E-state index contributed by atoms with van der Waals surface area (Å²) in [5.74, 6) is 2.34. The number of anilines is 2. The maximum atomic E-state index is 6.31. The van der Waals surface area contributed by atoms with Crippen molar-refractivity contribution in [3.63, 3.8) is 0 Å². The predicted molar refractivity (Wildman–Crippen MR) is 121 cm³/mol.